The summed E-state index contributed by atoms with van der Waals surface area (Å²) in [5.41, 5.74) is -0.762. The number of amides is 1. The standard InChI is InChI=1S/C14H19NO4/c1-2-14(19)6-15(7-14)12(16)10-8-3-4-9(5-8)11(10)13(17)18/h3-4,8-11,19H,2,5-7H2,1H3,(H,17,18)/t8?,9?,10-,11+/m0/s1. The highest BCUT2D eigenvalue weighted by molar-refractivity contribution is 5.87. The molecule has 5 heteroatoms. The van der Waals surface area contributed by atoms with Crippen LogP contribution in [0.4, 0.5) is 0 Å². The Morgan fingerprint density at radius 1 is 1.26 bits per heavy atom. The van der Waals surface area contributed by atoms with Crippen molar-refractivity contribution in [3.63, 3.8) is 0 Å². The lowest BCUT2D eigenvalue weighted by Gasteiger charge is -2.47. The highest BCUT2D eigenvalue weighted by Gasteiger charge is 2.55. The van der Waals surface area contributed by atoms with Gasteiger partial charge in [0.25, 0.3) is 0 Å². The van der Waals surface area contributed by atoms with Crippen molar-refractivity contribution in [3.8, 4) is 0 Å². The molecule has 0 aromatic heterocycles. The predicted octanol–water partition coefficient (Wildman–Crippen LogP) is 0.493. The van der Waals surface area contributed by atoms with E-state index in [4.69, 9.17) is 0 Å². The molecular formula is C14H19NO4. The van der Waals surface area contributed by atoms with Crippen molar-refractivity contribution in [2.45, 2.75) is 25.4 Å². The summed E-state index contributed by atoms with van der Waals surface area (Å²) >= 11 is 0. The van der Waals surface area contributed by atoms with Gasteiger partial charge in [0.15, 0.2) is 0 Å². The molecule has 1 aliphatic heterocycles. The number of carbonyl (C=O) groups is 2. The molecule has 2 fully saturated rings. The maximum atomic E-state index is 12.5. The van der Waals surface area contributed by atoms with Gasteiger partial charge in [0, 0.05) is 0 Å². The Morgan fingerprint density at radius 2 is 1.84 bits per heavy atom. The number of nitrogens with zero attached hydrogens (tertiary/aromatic N) is 1. The first kappa shape index (κ1) is 12.7. The molecule has 1 heterocycles. The zero-order chi connectivity index (χ0) is 13.8. The van der Waals surface area contributed by atoms with Crippen LogP contribution in [0.1, 0.15) is 19.8 Å². The Hall–Kier alpha value is -1.36. The lowest BCUT2D eigenvalue weighted by Crippen LogP contribution is -2.64. The Morgan fingerprint density at radius 3 is 2.37 bits per heavy atom. The third kappa shape index (κ3) is 1.79. The van der Waals surface area contributed by atoms with E-state index in [1.165, 1.54) is 0 Å². The van der Waals surface area contributed by atoms with Crippen molar-refractivity contribution in [2.24, 2.45) is 23.7 Å². The molecule has 2 aliphatic carbocycles. The number of aliphatic hydroxyl groups is 1. The number of carboxylic acids is 1. The molecule has 1 saturated carbocycles. The largest absolute Gasteiger partial charge is 0.481 e. The molecule has 5 nitrogen and oxygen atoms in total. The second kappa shape index (κ2) is 4.07. The molecule has 3 aliphatic rings. The Kier molecular flexibility index (Phi) is 2.71. The summed E-state index contributed by atoms with van der Waals surface area (Å²) in [7, 11) is 0. The van der Waals surface area contributed by atoms with E-state index >= 15 is 0 Å². The summed E-state index contributed by atoms with van der Waals surface area (Å²) < 4.78 is 0. The Labute approximate surface area is 111 Å². The van der Waals surface area contributed by atoms with Gasteiger partial charge in [0.1, 0.15) is 0 Å². The van der Waals surface area contributed by atoms with Crippen LogP contribution >= 0.6 is 0 Å². The highest BCUT2D eigenvalue weighted by Crippen LogP contribution is 2.49. The minimum absolute atomic E-state index is 0.00258. The zero-order valence-electron chi connectivity index (χ0n) is 11.0. The third-order valence-corrected chi connectivity index (χ3v) is 4.97. The molecule has 19 heavy (non-hydrogen) atoms. The van der Waals surface area contributed by atoms with Crippen molar-refractivity contribution >= 4 is 11.9 Å². The Balaban J connectivity index is 1.74. The average molecular weight is 265 g/mol. The average Bonchev–Trinajstić information content (AvgIpc) is 2.93. The maximum absolute atomic E-state index is 12.5. The number of hydrogen-bond donors (Lipinski definition) is 2. The van der Waals surface area contributed by atoms with E-state index in [1.54, 1.807) is 4.90 Å². The molecule has 0 aromatic rings. The van der Waals surface area contributed by atoms with Crippen LogP contribution in [0.2, 0.25) is 0 Å². The van der Waals surface area contributed by atoms with Gasteiger partial charge in [0.2, 0.25) is 5.91 Å². The van der Waals surface area contributed by atoms with E-state index in [2.05, 4.69) is 0 Å². The number of fused-ring (bicyclic) bond motifs is 2. The van der Waals surface area contributed by atoms with Crippen LogP contribution in [0.25, 0.3) is 0 Å². The second-order valence-electron chi connectivity index (χ2n) is 6.11. The van der Waals surface area contributed by atoms with E-state index in [9.17, 15) is 19.8 Å². The number of β-amino-alcohol motifs (C(OH)–C–C–N with tert-alkyl or cyclic N) is 1. The van der Waals surface area contributed by atoms with Crippen molar-refractivity contribution < 1.29 is 19.8 Å². The Bertz CT molecular complexity index is 452. The summed E-state index contributed by atoms with van der Waals surface area (Å²) in [5.74, 6) is -1.92. The molecule has 2 bridgehead atoms. The number of likely N-dealkylation sites (tertiary alicyclic amines) is 1. The SMILES string of the molecule is CCC1(O)CN(C(=O)[C@H]2C3C=CC(C3)[C@H]2C(=O)O)C1. The van der Waals surface area contributed by atoms with Gasteiger partial charge in [-0.15, -0.1) is 0 Å². The van der Waals surface area contributed by atoms with E-state index in [1.807, 2.05) is 19.1 Å². The first-order valence-electron chi connectivity index (χ1n) is 6.87. The first-order chi connectivity index (χ1) is 8.95. The molecular weight excluding hydrogens is 246 g/mol. The lowest BCUT2D eigenvalue weighted by atomic mass is 9.80. The second-order valence-corrected chi connectivity index (χ2v) is 6.11. The lowest BCUT2D eigenvalue weighted by molar-refractivity contribution is -0.165. The molecule has 3 rings (SSSR count). The van der Waals surface area contributed by atoms with Gasteiger partial charge in [-0.3, -0.25) is 9.59 Å². The van der Waals surface area contributed by atoms with Crippen molar-refractivity contribution in [1.29, 1.82) is 0 Å². The summed E-state index contributed by atoms with van der Waals surface area (Å²) in [4.78, 5) is 25.4. The maximum Gasteiger partial charge on any atom is 0.307 e. The summed E-state index contributed by atoms with van der Waals surface area (Å²) in [6.07, 6.45) is 5.32. The summed E-state index contributed by atoms with van der Waals surface area (Å²) in [6.45, 7) is 2.57. The van der Waals surface area contributed by atoms with Gasteiger partial charge in [-0.25, -0.2) is 0 Å². The quantitative estimate of drug-likeness (QED) is 0.728. The molecule has 0 radical (unpaired) electrons. The molecule has 4 atom stereocenters. The third-order valence-electron chi connectivity index (χ3n) is 4.97. The molecule has 104 valence electrons. The minimum atomic E-state index is -0.874. The molecule has 1 saturated heterocycles. The zero-order valence-corrected chi connectivity index (χ0v) is 11.0. The van der Waals surface area contributed by atoms with E-state index in [-0.39, 0.29) is 17.7 Å². The summed E-state index contributed by atoms with van der Waals surface area (Å²) in [5, 5.41) is 19.3. The number of hydrogen-bond acceptors (Lipinski definition) is 3. The van der Waals surface area contributed by atoms with E-state index in [0.717, 1.165) is 6.42 Å². The smallest absolute Gasteiger partial charge is 0.307 e. The predicted molar refractivity (Wildman–Crippen MR) is 67.2 cm³/mol. The van der Waals surface area contributed by atoms with Gasteiger partial charge in [0.05, 0.1) is 30.5 Å². The van der Waals surface area contributed by atoms with Crippen molar-refractivity contribution in [3.05, 3.63) is 12.2 Å². The number of carboxylic acid groups (broad SMARTS) is 1. The highest BCUT2D eigenvalue weighted by atomic mass is 16.4. The number of allylic oxidation sites excluding steroid dienone is 2. The normalized spacial score (nSPS) is 38.3. The fourth-order valence-corrected chi connectivity index (χ4v) is 3.75. The van der Waals surface area contributed by atoms with Gasteiger partial charge in [-0.2, -0.15) is 0 Å². The number of carbonyl (C=O) groups excluding carboxylic acids is 1. The van der Waals surface area contributed by atoms with Crippen LogP contribution in [0, 0.1) is 23.7 Å². The topological polar surface area (TPSA) is 77.8 Å². The van der Waals surface area contributed by atoms with Crippen LogP contribution in [0.15, 0.2) is 12.2 Å². The van der Waals surface area contributed by atoms with E-state index < -0.39 is 23.4 Å². The van der Waals surface area contributed by atoms with Crippen LogP contribution in [-0.2, 0) is 9.59 Å². The van der Waals surface area contributed by atoms with Crippen LogP contribution in [0.3, 0.4) is 0 Å². The molecule has 1 amide bonds. The van der Waals surface area contributed by atoms with Crippen LogP contribution in [0.5, 0.6) is 0 Å². The van der Waals surface area contributed by atoms with Crippen molar-refractivity contribution in [1.82, 2.24) is 4.90 Å². The van der Waals surface area contributed by atoms with Crippen LogP contribution < -0.4 is 0 Å². The number of rotatable bonds is 3. The minimum Gasteiger partial charge on any atom is -0.481 e. The van der Waals surface area contributed by atoms with Gasteiger partial charge in [-0.05, 0) is 24.7 Å². The van der Waals surface area contributed by atoms with Crippen molar-refractivity contribution in [2.75, 3.05) is 13.1 Å². The first-order valence-corrected chi connectivity index (χ1v) is 6.87. The van der Waals surface area contributed by atoms with Gasteiger partial charge in [-0.1, -0.05) is 19.1 Å². The number of aliphatic carboxylic acids is 1. The van der Waals surface area contributed by atoms with E-state index in [0.29, 0.717) is 19.5 Å². The molecule has 2 unspecified atom stereocenters. The fraction of sp³-hybridized carbons (Fsp3) is 0.714. The monoisotopic (exact) mass is 265 g/mol. The van der Waals surface area contributed by atoms with Gasteiger partial charge >= 0.3 is 5.97 Å². The molecule has 0 aromatic carbocycles. The van der Waals surface area contributed by atoms with Gasteiger partial charge < -0.3 is 15.1 Å². The van der Waals surface area contributed by atoms with Crippen LogP contribution in [-0.4, -0.2) is 45.7 Å². The molecule has 2 N–H and O–H groups in total. The summed E-state index contributed by atoms with van der Waals surface area (Å²) in [6, 6.07) is 0. The fourth-order valence-electron chi connectivity index (χ4n) is 3.75. The molecule has 0 spiro atoms.